The zero-order valence-electron chi connectivity index (χ0n) is 12.3. The minimum atomic E-state index is -0.478. The Bertz CT molecular complexity index is 469. The van der Waals surface area contributed by atoms with Crippen LogP contribution in [0.1, 0.15) is 31.7 Å². The summed E-state index contributed by atoms with van der Waals surface area (Å²) in [7, 11) is 1.66. The molecule has 0 heterocycles. The molecule has 0 bridgehead atoms. The van der Waals surface area contributed by atoms with Gasteiger partial charge >= 0.3 is 0 Å². The molecule has 1 aliphatic carbocycles. The van der Waals surface area contributed by atoms with Crippen LogP contribution in [0.2, 0.25) is 0 Å². The highest BCUT2D eigenvalue weighted by Crippen LogP contribution is 2.24. The van der Waals surface area contributed by atoms with Crippen LogP contribution in [0.4, 0.5) is 0 Å². The van der Waals surface area contributed by atoms with Crippen LogP contribution in [0.5, 0.6) is 0 Å². The van der Waals surface area contributed by atoms with Crippen LogP contribution < -0.4 is 5.32 Å². The third-order valence-corrected chi connectivity index (χ3v) is 3.88. The van der Waals surface area contributed by atoms with E-state index in [1.165, 1.54) is 0 Å². The summed E-state index contributed by atoms with van der Waals surface area (Å²) in [5.41, 5.74) is 0.593. The van der Waals surface area contributed by atoms with Crippen LogP contribution in [0.3, 0.4) is 0 Å². The van der Waals surface area contributed by atoms with Crippen LogP contribution in [0.25, 0.3) is 0 Å². The highest BCUT2D eigenvalue weighted by atomic mass is 16.5. The SMILES string of the molecule is COC[C@](C)(NC(=O)[C@@H]1CC=CCC1)c1ccccc1. The van der Waals surface area contributed by atoms with E-state index in [0.717, 1.165) is 24.8 Å². The number of rotatable bonds is 5. The topological polar surface area (TPSA) is 38.3 Å². The van der Waals surface area contributed by atoms with E-state index in [-0.39, 0.29) is 11.8 Å². The number of methoxy groups -OCH3 is 1. The molecule has 0 saturated heterocycles. The Hall–Kier alpha value is -1.61. The molecule has 108 valence electrons. The monoisotopic (exact) mass is 273 g/mol. The minimum Gasteiger partial charge on any atom is -0.382 e. The van der Waals surface area contributed by atoms with Gasteiger partial charge in [0, 0.05) is 13.0 Å². The van der Waals surface area contributed by atoms with E-state index in [1.807, 2.05) is 37.3 Å². The second kappa shape index (κ2) is 6.71. The van der Waals surface area contributed by atoms with Crippen molar-refractivity contribution in [3.05, 3.63) is 48.0 Å². The molecule has 3 heteroatoms. The Labute approximate surface area is 121 Å². The van der Waals surface area contributed by atoms with Crippen LogP contribution in [0, 0.1) is 5.92 Å². The molecule has 3 nitrogen and oxygen atoms in total. The predicted molar refractivity (Wildman–Crippen MR) is 80.3 cm³/mol. The molecule has 20 heavy (non-hydrogen) atoms. The lowest BCUT2D eigenvalue weighted by atomic mass is 9.89. The lowest BCUT2D eigenvalue weighted by molar-refractivity contribution is -0.127. The van der Waals surface area contributed by atoms with E-state index in [9.17, 15) is 4.79 Å². The first-order valence-corrected chi connectivity index (χ1v) is 7.17. The van der Waals surface area contributed by atoms with Crippen molar-refractivity contribution in [3.63, 3.8) is 0 Å². The van der Waals surface area contributed by atoms with Gasteiger partial charge in [0.2, 0.25) is 5.91 Å². The molecular weight excluding hydrogens is 250 g/mol. The highest BCUT2D eigenvalue weighted by Gasteiger charge is 2.31. The summed E-state index contributed by atoms with van der Waals surface area (Å²) in [5, 5.41) is 3.18. The summed E-state index contributed by atoms with van der Waals surface area (Å²) in [4.78, 5) is 12.5. The number of hydrogen-bond donors (Lipinski definition) is 1. The van der Waals surface area contributed by atoms with Gasteiger partial charge in [-0.05, 0) is 31.7 Å². The van der Waals surface area contributed by atoms with Crippen LogP contribution >= 0.6 is 0 Å². The molecule has 1 N–H and O–H groups in total. The summed E-state index contributed by atoms with van der Waals surface area (Å²) in [6, 6.07) is 10.0. The maximum absolute atomic E-state index is 12.5. The largest absolute Gasteiger partial charge is 0.382 e. The zero-order chi connectivity index (χ0) is 14.4. The number of benzene rings is 1. The second-order valence-corrected chi connectivity index (χ2v) is 5.60. The number of hydrogen-bond acceptors (Lipinski definition) is 2. The maximum atomic E-state index is 12.5. The Kier molecular flexibility index (Phi) is 4.96. The van der Waals surface area contributed by atoms with Gasteiger partial charge in [-0.25, -0.2) is 0 Å². The molecule has 0 aliphatic heterocycles. The van der Waals surface area contributed by atoms with Gasteiger partial charge in [-0.3, -0.25) is 4.79 Å². The van der Waals surface area contributed by atoms with E-state index in [2.05, 4.69) is 17.5 Å². The molecule has 2 rings (SSSR count). The standard InChI is InChI=1S/C17H23NO2/c1-17(13-20-2,15-11-7-4-8-12-15)18-16(19)14-9-5-3-6-10-14/h3-5,7-8,11-12,14H,6,9-10,13H2,1-2H3,(H,18,19)/t14-,17+/m1/s1. The molecule has 1 aromatic rings. The molecule has 0 radical (unpaired) electrons. The minimum absolute atomic E-state index is 0.0832. The van der Waals surface area contributed by atoms with E-state index < -0.39 is 5.54 Å². The van der Waals surface area contributed by atoms with E-state index in [0.29, 0.717) is 6.61 Å². The van der Waals surface area contributed by atoms with Gasteiger partial charge in [0.15, 0.2) is 0 Å². The summed E-state index contributed by atoms with van der Waals surface area (Å²) in [6.07, 6.45) is 7.01. The van der Waals surface area contributed by atoms with Gasteiger partial charge in [0.25, 0.3) is 0 Å². The molecule has 0 aromatic heterocycles. The van der Waals surface area contributed by atoms with Crippen LogP contribution in [0.15, 0.2) is 42.5 Å². The summed E-state index contributed by atoms with van der Waals surface area (Å²) in [5.74, 6) is 0.206. The van der Waals surface area contributed by atoms with Crippen molar-refractivity contribution in [2.24, 2.45) is 5.92 Å². The molecule has 2 atom stereocenters. The number of nitrogens with one attached hydrogen (secondary N) is 1. The average Bonchev–Trinajstić information content (AvgIpc) is 2.49. The maximum Gasteiger partial charge on any atom is 0.224 e. The van der Waals surface area contributed by atoms with E-state index >= 15 is 0 Å². The average molecular weight is 273 g/mol. The molecule has 0 spiro atoms. The Morgan fingerprint density at radius 3 is 2.70 bits per heavy atom. The van der Waals surface area contributed by atoms with Gasteiger partial charge in [-0.15, -0.1) is 0 Å². The lowest BCUT2D eigenvalue weighted by Gasteiger charge is -2.32. The first-order chi connectivity index (χ1) is 9.65. The van der Waals surface area contributed by atoms with Gasteiger partial charge in [0.1, 0.15) is 0 Å². The van der Waals surface area contributed by atoms with Crippen molar-refractivity contribution in [2.75, 3.05) is 13.7 Å². The van der Waals surface area contributed by atoms with Gasteiger partial charge in [-0.2, -0.15) is 0 Å². The Balaban J connectivity index is 2.12. The fourth-order valence-corrected chi connectivity index (χ4v) is 2.69. The van der Waals surface area contributed by atoms with Crippen LogP contribution in [-0.4, -0.2) is 19.6 Å². The molecular formula is C17H23NO2. The number of carbonyl (C=O) groups is 1. The Morgan fingerprint density at radius 1 is 1.35 bits per heavy atom. The lowest BCUT2D eigenvalue weighted by Crippen LogP contribution is -2.49. The summed E-state index contributed by atoms with van der Waals surface area (Å²) < 4.78 is 5.32. The normalized spacial score (nSPS) is 21.2. The fraction of sp³-hybridized carbons (Fsp3) is 0.471. The molecule has 0 unspecified atom stereocenters. The van der Waals surface area contributed by atoms with Crippen molar-refractivity contribution < 1.29 is 9.53 Å². The van der Waals surface area contributed by atoms with Crippen molar-refractivity contribution in [3.8, 4) is 0 Å². The van der Waals surface area contributed by atoms with Crippen molar-refractivity contribution in [1.29, 1.82) is 0 Å². The summed E-state index contributed by atoms with van der Waals surface area (Å²) >= 11 is 0. The van der Waals surface area contributed by atoms with Gasteiger partial charge < -0.3 is 10.1 Å². The Morgan fingerprint density at radius 2 is 2.10 bits per heavy atom. The predicted octanol–water partition coefficient (Wildman–Crippen LogP) is 3.02. The van der Waals surface area contributed by atoms with Crippen molar-refractivity contribution in [2.45, 2.75) is 31.7 Å². The second-order valence-electron chi connectivity index (χ2n) is 5.60. The summed E-state index contributed by atoms with van der Waals surface area (Å²) in [6.45, 7) is 2.48. The smallest absolute Gasteiger partial charge is 0.224 e. The first kappa shape index (κ1) is 14.8. The zero-order valence-corrected chi connectivity index (χ0v) is 12.3. The number of amides is 1. The van der Waals surface area contributed by atoms with Crippen molar-refractivity contribution >= 4 is 5.91 Å². The van der Waals surface area contributed by atoms with Gasteiger partial charge in [-0.1, -0.05) is 42.5 Å². The molecule has 0 saturated carbocycles. The van der Waals surface area contributed by atoms with E-state index in [1.54, 1.807) is 7.11 Å². The number of allylic oxidation sites excluding steroid dienone is 2. The third-order valence-electron chi connectivity index (χ3n) is 3.88. The molecule has 1 amide bonds. The highest BCUT2D eigenvalue weighted by molar-refractivity contribution is 5.80. The third kappa shape index (κ3) is 3.48. The van der Waals surface area contributed by atoms with Crippen LogP contribution in [-0.2, 0) is 15.1 Å². The number of ether oxygens (including phenoxy) is 1. The first-order valence-electron chi connectivity index (χ1n) is 7.17. The van der Waals surface area contributed by atoms with Crippen molar-refractivity contribution in [1.82, 2.24) is 5.32 Å². The molecule has 1 aliphatic rings. The van der Waals surface area contributed by atoms with E-state index in [4.69, 9.17) is 4.74 Å². The number of carbonyl (C=O) groups excluding carboxylic acids is 1. The van der Waals surface area contributed by atoms with Gasteiger partial charge in [0.05, 0.1) is 12.1 Å². The molecule has 1 aromatic carbocycles. The molecule has 0 fully saturated rings. The fourth-order valence-electron chi connectivity index (χ4n) is 2.69. The quantitative estimate of drug-likeness (QED) is 0.837.